The lowest BCUT2D eigenvalue weighted by molar-refractivity contribution is -0.142. The molecule has 0 bridgehead atoms. The van der Waals surface area contributed by atoms with Gasteiger partial charge in [0.15, 0.2) is 0 Å². The monoisotopic (exact) mass is 1230 g/mol. The van der Waals surface area contributed by atoms with Crippen LogP contribution in [0.1, 0.15) is 84.9 Å². The fourth-order valence-corrected chi connectivity index (χ4v) is 11.9. The summed E-state index contributed by atoms with van der Waals surface area (Å²) in [6.07, 6.45) is -2.89. The molecule has 2 aliphatic heterocycles. The number of aromatic hydroxyl groups is 1. The molecule has 77 heavy (non-hydrogen) atoms. The number of aromatic amines is 1. The van der Waals surface area contributed by atoms with Gasteiger partial charge >= 0.3 is 5.97 Å². The fraction of sp³-hybridized carbons (Fsp3) is 0.673. The molecule has 432 valence electrons. The minimum atomic E-state index is -1.81. The number of aliphatic hydroxyl groups is 4. The molecular formula is C49H79IN12O13S2. The SMILES string of the molecule is CCC(C)[C@H](N[C@@H](O)[C@H](Cc1cnc[nH]1)NC(=O)[C@@H]1CSSC[C@H](NC)C(=O)N2CC(O)C[C@H]2C(=O)N[C@@H](Cc2ccc(O)c(I)c2)C(=O)N[C@@H](CC(=O)O)C(=O)N[C@@H](CC(C)C)C(=O)N1)[C@@H](O)N[C@@H](CC(C)C)[C@@H](N)O. The van der Waals surface area contributed by atoms with E-state index < -0.39 is 127 Å². The molecule has 0 radical (unpaired) electrons. The molecule has 0 aliphatic carbocycles. The number of fused-ring (bicyclic) bond motifs is 1. The number of nitrogens with two attached hydrogens (primary N) is 1. The van der Waals surface area contributed by atoms with E-state index in [1.807, 2.05) is 50.3 Å². The number of phenolic OH excluding ortho intramolecular Hbond substituents is 1. The summed E-state index contributed by atoms with van der Waals surface area (Å²) in [5.41, 5.74) is 6.83. The van der Waals surface area contributed by atoms with Crippen molar-refractivity contribution in [2.75, 3.05) is 25.1 Å². The maximum absolute atomic E-state index is 14.7. The van der Waals surface area contributed by atoms with Crippen molar-refractivity contribution in [1.29, 1.82) is 0 Å². The molecule has 0 spiro atoms. The molecule has 2 fully saturated rings. The quantitative estimate of drug-likeness (QED) is 0.0356. The molecule has 3 heterocycles. The van der Waals surface area contributed by atoms with Gasteiger partial charge in [-0.25, -0.2) is 4.98 Å². The van der Waals surface area contributed by atoms with E-state index in [1.54, 1.807) is 19.9 Å². The highest BCUT2D eigenvalue weighted by Crippen LogP contribution is 2.27. The summed E-state index contributed by atoms with van der Waals surface area (Å²) in [6.45, 7) is 10.9. The number of carbonyl (C=O) groups excluding carboxylic acids is 6. The molecule has 17 N–H and O–H groups in total. The van der Waals surface area contributed by atoms with Gasteiger partial charge in [0.25, 0.3) is 0 Å². The molecule has 2 aromatic rings. The number of nitrogens with one attached hydrogen (secondary N) is 9. The minimum absolute atomic E-state index is 0.0208. The number of hydrogen-bond donors (Lipinski definition) is 16. The number of aliphatic hydroxyl groups excluding tert-OH is 4. The Bertz CT molecular complexity index is 2270. The number of H-pyrrole nitrogens is 1. The van der Waals surface area contributed by atoms with Gasteiger partial charge in [0.1, 0.15) is 54.6 Å². The van der Waals surface area contributed by atoms with Crippen LogP contribution in [0.25, 0.3) is 0 Å². The van der Waals surface area contributed by atoms with E-state index in [4.69, 9.17) is 5.73 Å². The normalized spacial score (nSPS) is 25.3. The average molecular weight is 1240 g/mol. The summed E-state index contributed by atoms with van der Waals surface area (Å²) in [7, 11) is 3.80. The van der Waals surface area contributed by atoms with Gasteiger partial charge in [0.2, 0.25) is 35.4 Å². The maximum atomic E-state index is 14.7. The molecule has 2 saturated heterocycles. The highest BCUT2D eigenvalue weighted by molar-refractivity contribution is 14.1. The number of nitrogens with zero attached hydrogens (tertiary/aromatic N) is 2. The second-order valence-corrected chi connectivity index (χ2v) is 24.2. The zero-order valence-corrected chi connectivity index (χ0v) is 48.2. The van der Waals surface area contributed by atoms with E-state index in [-0.39, 0.29) is 67.2 Å². The smallest absolute Gasteiger partial charge is 0.305 e. The van der Waals surface area contributed by atoms with Crippen LogP contribution in [0.4, 0.5) is 0 Å². The van der Waals surface area contributed by atoms with E-state index in [0.717, 1.165) is 21.6 Å². The van der Waals surface area contributed by atoms with E-state index in [0.29, 0.717) is 27.7 Å². The Balaban J connectivity index is 1.74. The van der Waals surface area contributed by atoms with E-state index in [2.05, 4.69) is 52.5 Å². The van der Waals surface area contributed by atoms with Crippen molar-refractivity contribution in [3.63, 3.8) is 0 Å². The Morgan fingerprint density at radius 1 is 0.883 bits per heavy atom. The molecule has 6 amide bonds. The van der Waals surface area contributed by atoms with Crippen molar-refractivity contribution in [3.05, 3.63) is 45.6 Å². The van der Waals surface area contributed by atoms with Gasteiger partial charge in [-0.3, -0.25) is 44.2 Å². The van der Waals surface area contributed by atoms with Gasteiger partial charge < -0.3 is 78.2 Å². The van der Waals surface area contributed by atoms with Crippen LogP contribution in [-0.4, -0.2) is 191 Å². The van der Waals surface area contributed by atoms with Gasteiger partial charge in [0, 0.05) is 55.2 Å². The number of amides is 6. The van der Waals surface area contributed by atoms with Crippen molar-refractivity contribution < 1.29 is 64.2 Å². The van der Waals surface area contributed by atoms with Crippen LogP contribution in [-0.2, 0) is 46.4 Å². The first-order valence-corrected chi connectivity index (χ1v) is 29.3. The second kappa shape index (κ2) is 31.4. The number of aliphatic carboxylic acids is 1. The standard InChI is InChI=1S/C49H79IN12O13S2/c1-8-25(6)40(48(74)55-30(41(51)67)11-23(2)3)61-45(71)33(15-27-18-53-22-54-27)57-46(72)35-20-76-77-21-36(52-7)49(75)62-19-28(63)16-37(62)47(73)59-32(14-26-9-10-38(64)29(50)13-26)43(69)58-34(17-39(65)66)44(70)56-31(12-24(4)5)42(68)60-35/h9-10,13,18,22-25,28,30-37,40-41,45,48,52,55,61,63-64,67,71,74H,8,11-12,14-17,19-21,51H2,1-7H3,(H,53,54)(H,56,70)(H,57,72)(H,58,69)(H,59,73)(H,60,68)(H,65,66)/t25?,28?,30-,31-,32-,33-,34-,35-,36-,37-,40-,41-,45-,48+/m0/s1. The summed E-state index contributed by atoms with van der Waals surface area (Å²) in [5, 5.41) is 87.2. The third kappa shape index (κ3) is 20.4. The Hall–Kier alpha value is -4.37. The molecule has 2 aliphatic rings. The lowest BCUT2D eigenvalue weighted by Gasteiger charge is -2.37. The molecule has 28 heteroatoms. The number of hydrogen-bond acceptors (Lipinski definition) is 19. The van der Waals surface area contributed by atoms with Gasteiger partial charge in [-0.1, -0.05) is 75.6 Å². The second-order valence-electron chi connectivity index (χ2n) is 20.5. The number of aromatic nitrogens is 2. The number of halogens is 1. The van der Waals surface area contributed by atoms with Crippen LogP contribution >= 0.6 is 44.2 Å². The van der Waals surface area contributed by atoms with E-state index in [9.17, 15) is 64.2 Å². The zero-order valence-electron chi connectivity index (χ0n) is 44.4. The van der Waals surface area contributed by atoms with Crippen LogP contribution < -0.4 is 48.3 Å². The Kier molecular flexibility index (Phi) is 26.6. The van der Waals surface area contributed by atoms with E-state index in [1.165, 1.54) is 36.6 Å². The largest absolute Gasteiger partial charge is 0.507 e. The lowest BCUT2D eigenvalue weighted by Crippen LogP contribution is -2.64. The fourth-order valence-electron chi connectivity index (χ4n) is 8.92. The highest BCUT2D eigenvalue weighted by atomic mass is 127. The summed E-state index contributed by atoms with van der Waals surface area (Å²) < 4.78 is 0.417. The number of carboxylic acids is 1. The van der Waals surface area contributed by atoms with Crippen LogP contribution in [0, 0.1) is 21.3 Å². The summed E-state index contributed by atoms with van der Waals surface area (Å²) in [5.74, 6) is -7.17. The number of carbonyl (C=O) groups is 7. The molecule has 1 aromatic heterocycles. The van der Waals surface area contributed by atoms with Crippen LogP contribution in [0.3, 0.4) is 0 Å². The van der Waals surface area contributed by atoms with Gasteiger partial charge in [-0.2, -0.15) is 0 Å². The number of rotatable bonds is 22. The van der Waals surface area contributed by atoms with Gasteiger partial charge in [-0.05, 0) is 77.9 Å². The number of likely N-dealkylation sites (N-methyl/N-ethyl adjacent to an activating group) is 1. The number of carboxylic acid groups (broad SMARTS) is 1. The lowest BCUT2D eigenvalue weighted by atomic mass is 9.95. The van der Waals surface area contributed by atoms with Crippen molar-refractivity contribution >= 4 is 85.6 Å². The summed E-state index contributed by atoms with van der Waals surface area (Å²) >= 11 is 1.88. The van der Waals surface area contributed by atoms with Crippen LogP contribution in [0.2, 0.25) is 0 Å². The first-order valence-electron chi connectivity index (χ1n) is 25.7. The molecule has 25 nitrogen and oxygen atoms in total. The molecule has 1 aromatic carbocycles. The maximum Gasteiger partial charge on any atom is 0.305 e. The van der Waals surface area contributed by atoms with Crippen molar-refractivity contribution in [3.8, 4) is 5.75 Å². The highest BCUT2D eigenvalue weighted by Gasteiger charge is 2.43. The van der Waals surface area contributed by atoms with Crippen LogP contribution in [0.15, 0.2) is 30.7 Å². The molecule has 4 rings (SSSR count). The predicted molar refractivity (Wildman–Crippen MR) is 297 cm³/mol. The average Bonchev–Trinajstić information content (AvgIpc) is 4.04. The van der Waals surface area contributed by atoms with Crippen LogP contribution in [0.5, 0.6) is 5.75 Å². The number of imidazole rings is 1. The number of phenols is 1. The van der Waals surface area contributed by atoms with Crippen molar-refractivity contribution in [2.24, 2.45) is 23.5 Å². The van der Waals surface area contributed by atoms with E-state index >= 15 is 0 Å². The van der Waals surface area contributed by atoms with Crippen molar-refractivity contribution in [1.82, 2.24) is 57.4 Å². The molecular weight excluding hydrogens is 1160 g/mol. The third-order valence-corrected chi connectivity index (χ3v) is 16.6. The van der Waals surface area contributed by atoms with Crippen molar-refractivity contribution in [2.45, 2.75) is 166 Å². The first-order chi connectivity index (χ1) is 36.3. The Labute approximate surface area is 470 Å². The topological polar surface area (TPSA) is 395 Å². The molecule has 14 atom stereocenters. The summed E-state index contributed by atoms with van der Waals surface area (Å²) in [6, 6.07) is -6.59. The Morgan fingerprint density at radius 2 is 1.53 bits per heavy atom. The summed E-state index contributed by atoms with van der Waals surface area (Å²) in [4.78, 5) is 107. The minimum Gasteiger partial charge on any atom is -0.507 e. The zero-order chi connectivity index (χ0) is 57.3. The number of benzene rings is 1. The van der Waals surface area contributed by atoms with Gasteiger partial charge in [0.05, 0.1) is 40.5 Å². The Morgan fingerprint density at radius 3 is 2.13 bits per heavy atom. The third-order valence-electron chi connectivity index (χ3n) is 13.3. The van der Waals surface area contributed by atoms with Gasteiger partial charge in [-0.15, -0.1) is 0 Å². The first kappa shape index (κ1) is 65.2. The predicted octanol–water partition coefficient (Wildman–Crippen LogP) is -1.68. The molecule has 2 unspecified atom stereocenters. The molecule has 0 saturated carbocycles.